The number of halogens is 1. The highest BCUT2D eigenvalue weighted by Gasteiger charge is 2.23. The summed E-state index contributed by atoms with van der Waals surface area (Å²) in [5.74, 6) is 1.09. The minimum Gasteiger partial charge on any atom is -0.371 e. The lowest BCUT2D eigenvalue weighted by Crippen LogP contribution is -2.33. The van der Waals surface area contributed by atoms with Crippen molar-refractivity contribution < 1.29 is 0 Å². The van der Waals surface area contributed by atoms with Crippen molar-refractivity contribution in [3.8, 4) is 0 Å². The Labute approximate surface area is 158 Å². The lowest BCUT2D eigenvalue weighted by Gasteiger charge is -2.21. The highest BCUT2D eigenvalue weighted by atomic mass is 35.5. The van der Waals surface area contributed by atoms with Gasteiger partial charge in [-0.25, -0.2) is 0 Å². The Morgan fingerprint density at radius 3 is 3.12 bits per heavy atom. The molecule has 2 aromatic rings. The molecular weight excluding hydrogens is 352 g/mol. The van der Waals surface area contributed by atoms with Crippen LogP contribution < -0.4 is 16.0 Å². The van der Waals surface area contributed by atoms with Crippen LogP contribution in [0, 0.1) is 12.8 Å². The van der Waals surface area contributed by atoms with Crippen molar-refractivity contribution in [1.29, 1.82) is 0 Å². The maximum Gasteiger partial charge on any atom is 0.188 e. The van der Waals surface area contributed by atoms with E-state index >= 15 is 0 Å². The second kappa shape index (κ2) is 8.59. The van der Waals surface area contributed by atoms with Crippen LogP contribution in [0.1, 0.15) is 16.9 Å². The standard InChI is InChI=1S/C19H25ClN4S/c1-14-4-5-16(20)11-18(14)24-9-7-15(13-24)12-23-19(21)22-8-6-17-3-2-10-25-17/h2-5,10-11,15H,6-9,12-13H2,1H3,(H3,21,22,23). The van der Waals surface area contributed by atoms with Crippen LogP contribution in [0.3, 0.4) is 0 Å². The molecule has 4 nitrogen and oxygen atoms in total. The molecule has 1 atom stereocenters. The Bertz CT molecular complexity index is 714. The molecule has 0 saturated carbocycles. The molecule has 0 aliphatic carbocycles. The number of anilines is 1. The minimum atomic E-state index is 0.538. The minimum absolute atomic E-state index is 0.538. The zero-order valence-electron chi connectivity index (χ0n) is 14.5. The van der Waals surface area contributed by atoms with E-state index in [1.165, 1.54) is 16.1 Å². The highest BCUT2D eigenvalue weighted by Crippen LogP contribution is 2.29. The Hall–Kier alpha value is -1.72. The largest absolute Gasteiger partial charge is 0.371 e. The van der Waals surface area contributed by atoms with Crippen LogP contribution in [-0.4, -0.2) is 32.1 Å². The maximum atomic E-state index is 6.15. The van der Waals surface area contributed by atoms with Crippen molar-refractivity contribution in [2.45, 2.75) is 19.8 Å². The van der Waals surface area contributed by atoms with E-state index in [4.69, 9.17) is 17.3 Å². The van der Waals surface area contributed by atoms with Gasteiger partial charge in [-0.3, -0.25) is 4.99 Å². The summed E-state index contributed by atoms with van der Waals surface area (Å²) in [6.45, 7) is 5.79. The number of aryl methyl sites for hydroxylation is 1. The van der Waals surface area contributed by atoms with Crippen LogP contribution in [0.15, 0.2) is 40.7 Å². The van der Waals surface area contributed by atoms with Crippen LogP contribution in [0.25, 0.3) is 0 Å². The van der Waals surface area contributed by atoms with E-state index in [1.807, 2.05) is 6.07 Å². The number of guanidine groups is 1. The summed E-state index contributed by atoms with van der Waals surface area (Å²) in [6.07, 6.45) is 2.12. The van der Waals surface area contributed by atoms with Crippen LogP contribution >= 0.6 is 22.9 Å². The average Bonchev–Trinajstić information content (AvgIpc) is 3.27. The van der Waals surface area contributed by atoms with E-state index in [9.17, 15) is 0 Å². The third kappa shape index (κ3) is 5.13. The first-order valence-corrected chi connectivity index (χ1v) is 9.95. The molecule has 1 aliphatic heterocycles. The fourth-order valence-electron chi connectivity index (χ4n) is 3.18. The fraction of sp³-hybridized carbons (Fsp3) is 0.421. The molecule has 3 N–H and O–H groups in total. The number of rotatable bonds is 6. The van der Waals surface area contributed by atoms with Gasteiger partial charge in [0.15, 0.2) is 5.96 Å². The number of nitrogens with two attached hydrogens (primary N) is 1. The first-order valence-electron chi connectivity index (χ1n) is 8.69. The van der Waals surface area contributed by atoms with Gasteiger partial charge in [-0.15, -0.1) is 11.3 Å². The van der Waals surface area contributed by atoms with E-state index in [0.717, 1.165) is 44.0 Å². The van der Waals surface area contributed by atoms with Gasteiger partial charge in [0.25, 0.3) is 0 Å². The molecule has 25 heavy (non-hydrogen) atoms. The number of thiophene rings is 1. The molecule has 1 unspecified atom stereocenters. The lowest BCUT2D eigenvalue weighted by molar-refractivity contribution is 0.601. The van der Waals surface area contributed by atoms with E-state index in [2.05, 4.69) is 51.8 Å². The molecule has 1 fully saturated rings. The third-order valence-corrected chi connectivity index (χ3v) is 5.75. The lowest BCUT2D eigenvalue weighted by atomic mass is 10.1. The van der Waals surface area contributed by atoms with Gasteiger partial charge in [-0.05, 0) is 54.8 Å². The van der Waals surface area contributed by atoms with Crippen molar-refractivity contribution >= 4 is 34.6 Å². The topological polar surface area (TPSA) is 53.6 Å². The maximum absolute atomic E-state index is 6.15. The SMILES string of the molecule is Cc1ccc(Cl)cc1N1CCC(CN=C(N)NCCc2cccs2)C1. The van der Waals surface area contributed by atoms with Gasteiger partial charge in [0.2, 0.25) is 0 Å². The molecule has 1 saturated heterocycles. The summed E-state index contributed by atoms with van der Waals surface area (Å²) < 4.78 is 0. The van der Waals surface area contributed by atoms with Gasteiger partial charge in [-0.1, -0.05) is 23.7 Å². The molecule has 0 spiro atoms. The number of nitrogens with one attached hydrogen (secondary N) is 1. The molecular formula is C19H25ClN4S. The molecule has 1 aliphatic rings. The van der Waals surface area contributed by atoms with Crippen molar-refractivity contribution in [1.82, 2.24) is 5.32 Å². The molecule has 1 aromatic heterocycles. The smallest absolute Gasteiger partial charge is 0.188 e. The molecule has 0 amide bonds. The molecule has 1 aromatic carbocycles. The zero-order chi connectivity index (χ0) is 17.6. The molecule has 0 radical (unpaired) electrons. The fourth-order valence-corrected chi connectivity index (χ4v) is 4.05. The van der Waals surface area contributed by atoms with Crippen molar-refractivity contribution in [2.75, 3.05) is 31.1 Å². The Kier molecular flexibility index (Phi) is 6.21. The number of aliphatic imine (C=N–C) groups is 1. The summed E-state index contributed by atoms with van der Waals surface area (Å²) in [4.78, 5) is 8.30. The van der Waals surface area contributed by atoms with Crippen LogP contribution in [-0.2, 0) is 6.42 Å². The van der Waals surface area contributed by atoms with Gasteiger partial charge in [0.1, 0.15) is 0 Å². The number of nitrogens with zero attached hydrogens (tertiary/aromatic N) is 2. The molecule has 3 rings (SSSR count). The van der Waals surface area contributed by atoms with Crippen LogP contribution in [0.5, 0.6) is 0 Å². The Morgan fingerprint density at radius 1 is 1.44 bits per heavy atom. The summed E-state index contributed by atoms with van der Waals surface area (Å²) in [6, 6.07) is 10.3. The van der Waals surface area contributed by atoms with Gasteiger partial charge >= 0.3 is 0 Å². The molecule has 0 bridgehead atoms. The quantitative estimate of drug-likeness (QED) is 0.597. The predicted octanol–water partition coefficient (Wildman–Crippen LogP) is 3.68. The van der Waals surface area contributed by atoms with Crippen LogP contribution in [0.2, 0.25) is 5.02 Å². The second-order valence-corrected chi connectivity index (χ2v) is 7.98. The van der Waals surface area contributed by atoms with E-state index in [-0.39, 0.29) is 0 Å². The Balaban J connectivity index is 1.45. The summed E-state index contributed by atoms with van der Waals surface area (Å²) in [5, 5.41) is 6.10. The Morgan fingerprint density at radius 2 is 2.32 bits per heavy atom. The molecule has 6 heteroatoms. The number of hydrogen-bond acceptors (Lipinski definition) is 3. The highest BCUT2D eigenvalue weighted by molar-refractivity contribution is 7.09. The van der Waals surface area contributed by atoms with Gasteiger partial charge < -0.3 is 16.0 Å². The second-order valence-electron chi connectivity index (χ2n) is 6.51. The summed E-state index contributed by atoms with van der Waals surface area (Å²) in [5.41, 5.74) is 8.50. The van der Waals surface area contributed by atoms with Crippen molar-refractivity contribution in [3.05, 3.63) is 51.2 Å². The van der Waals surface area contributed by atoms with Crippen LogP contribution in [0.4, 0.5) is 5.69 Å². The monoisotopic (exact) mass is 376 g/mol. The predicted molar refractivity (Wildman–Crippen MR) is 109 cm³/mol. The van der Waals surface area contributed by atoms with Gasteiger partial charge in [0, 0.05) is 41.8 Å². The van der Waals surface area contributed by atoms with E-state index < -0.39 is 0 Å². The van der Waals surface area contributed by atoms with Gasteiger partial charge in [-0.2, -0.15) is 0 Å². The first-order chi connectivity index (χ1) is 12.1. The van der Waals surface area contributed by atoms with Crippen molar-refractivity contribution in [3.63, 3.8) is 0 Å². The van der Waals surface area contributed by atoms with Gasteiger partial charge in [0.05, 0.1) is 0 Å². The number of hydrogen-bond donors (Lipinski definition) is 2. The molecule has 134 valence electrons. The third-order valence-electron chi connectivity index (χ3n) is 4.58. The van der Waals surface area contributed by atoms with Crippen molar-refractivity contribution in [2.24, 2.45) is 16.6 Å². The summed E-state index contributed by atoms with van der Waals surface area (Å²) >= 11 is 7.92. The zero-order valence-corrected chi connectivity index (χ0v) is 16.1. The summed E-state index contributed by atoms with van der Waals surface area (Å²) in [7, 11) is 0. The first kappa shape index (κ1) is 18.1. The van der Waals surface area contributed by atoms with E-state index in [1.54, 1.807) is 11.3 Å². The average molecular weight is 377 g/mol. The molecule has 2 heterocycles. The number of benzene rings is 1. The van der Waals surface area contributed by atoms with E-state index in [0.29, 0.717) is 11.9 Å². The normalized spacial score (nSPS) is 17.9.